The molecular formula is C13H24N4. The van der Waals surface area contributed by atoms with Crippen molar-refractivity contribution in [3.8, 4) is 0 Å². The molecule has 0 bridgehead atoms. The number of aryl methyl sites for hydroxylation is 1. The Morgan fingerprint density at radius 1 is 1.41 bits per heavy atom. The second-order valence-corrected chi connectivity index (χ2v) is 5.29. The van der Waals surface area contributed by atoms with Crippen LogP contribution in [0.15, 0.2) is 6.33 Å². The minimum absolute atomic E-state index is 0.640. The summed E-state index contributed by atoms with van der Waals surface area (Å²) in [4.78, 5) is 0. The molecule has 1 fully saturated rings. The Labute approximate surface area is 104 Å². The highest BCUT2D eigenvalue weighted by Crippen LogP contribution is 2.29. The fraction of sp³-hybridized carbons (Fsp3) is 0.846. The summed E-state index contributed by atoms with van der Waals surface area (Å²) in [5.74, 6) is 2.66. The Kier molecular flexibility index (Phi) is 4.15. The zero-order valence-electron chi connectivity index (χ0n) is 11.2. The van der Waals surface area contributed by atoms with E-state index >= 15 is 0 Å². The molecule has 1 N–H and O–H groups in total. The average molecular weight is 236 g/mol. The Morgan fingerprint density at radius 2 is 2.24 bits per heavy atom. The summed E-state index contributed by atoms with van der Waals surface area (Å²) in [5.41, 5.74) is 0. The van der Waals surface area contributed by atoms with E-state index in [9.17, 15) is 0 Å². The van der Waals surface area contributed by atoms with Gasteiger partial charge < -0.3 is 9.88 Å². The van der Waals surface area contributed by atoms with Gasteiger partial charge in [-0.15, -0.1) is 10.2 Å². The van der Waals surface area contributed by atoms with Gasteiger partial charge in [-0.3, -0.25) is 0 Å². The zero-order chi connectivity index (χ0) is 12.3. The van der Waals surface area contributed by atoms with Crippen molar-refractivity contribution in [3.63, 3.8) is 0 Å². The number of rotatable bonds is 4. The second kappa shape index (κ2) is 5.63. The summed E-state index contributed by atoms with van der Waals surface area (Å²) >= 11 is 0. The van der Waals surface area contributed by atoms with Crippen molar-refractivity contribution in [1.29, 1.82) is 0 Å². The van der Waals surface area contributed by atoms with Crippen molar-refractivity contribution in [2.45, 2.75) is 59.2 Å². The van der Waals surface area contributed by atoms with E-state index < -0.39 is 0 Å². The topological polar surface area (TPSA) is 42.7 Å². The van der Waals surface area contributed by atoms with Crippen LogP contribution in [0.5, 0.6) is 0 Å². The smallest absolute Gasteiger partial charge is 0.146 e. The molecule has 0 unspecified atom stereocenters. The van der Waals surface area contributed by atoms with Crippen LogP contribution < -0.4 is 5.32 Å². The van der Waals surface area contributed by atoms with Crippen LogP contribution in [-0.4, -0.2) is 20.8 Å². The number of aromatic nitrogens is 3. The molecule has 4 nitrogen and oxygen atoms in total. The maximum absolute atomic E-state index is 4.17. The second-order valence-electron chi connectivity index (χ2n) is 5.29. The van der Waals surface area contributed by atoms with Crippen molar-refractivity contribution >= 4 is 0 Å². The molecule has 3 atom stereocenters. The molecule has 1 heterocycles. The van der Waals surface area contributed by atoms with Gasteiger partial charge in [-0.2, -0.15) is 0 Å². The Morgan fingerprint density at radius 3 is 3.00 bits per heavy atom. The lowest BCUT2D eigenvalue weighted by Crippen LogP contribution is -2.40. The molecule has 1 aliphatic carbocycles. The van der Waals surface area contributed by atoms with Crippen LogP contribution in [0.4, 0.5) is 0 Å². The van der Waals surface area contributed by atoms with Gasteiger partial charge in [0.1, 0.15) is 12.2 Å². The molecular weight excluding hydrogens is 212 g/mol. The van der Waals surface area contributed by atoms with Crippen molar-refractivity contribution < 1.29 is 0 Å². The molecule has 0 amide bonds. The number of hydrogen-bond acceptors (Lipinski definition) is 3. The molecule has 0 spiro atoms. The highest BCUT2D eigenvalue weighted by atomic mass is 15.3. The first-order valence-corrected chi connectivity index (χ1v) is 6.82. The van der Waals surface area contributed by atoms with E-state index in [2.05, 4.69) is 40.9 Å². The van der Waals surface area contributed by atoms with Gasteiger partial charge in [0.25, 0.3) is 0 Å². The monoisotopic (exact) mass is 236 g/mol. The minimum atomic E-state index is 0.640. The number of hydrogen-bond donors (Lipinski definition) is 1. The molecule has 1 aromatic rings. The standard InChI is InChI=1S/C13H24N4/c1-4-17-9-15-16-13(17)8-14-12-7-5-6-10(2)11(12)3/h9-12,14H,4-8H2,1-3H3/t10-,11-,12-/m1/s1. The van der Waals surface area contributed by atoms with Crippen LogP contribution in [0.3, 0.4) is 0 Å². The van der Waals surface area contributed by atoms with Crippen molar-refractivity contribution in [2.24, 2.45) is 11.8 Å². The molecule has 0 aliphatic heterocycles. The van der Waals surface area contributed by atoms with Crippen LogP contribution in [0, 0.1) is 11.8 Å². The van der Waals surface area contributed by atoms with E-state index in [1.54, 1.807) is 0 Å². The fourth-order valence-electron chi connectivity index (χ4n) is 2.77. The van der Waals surface area contributed by atoms with Crippen LogP contribution in [0.25, 0.3) is 0 Å². The molecule has 0 radical (unpaired) electrons. The highest BCUT2D eigenvalue weighted by molar-refractivity contribution is 4.88. The maximum atomic E-state index is 4.17. The number of nitrogens with one attached hydrogen (secondary N) is 1. The van der Waals surface area contributed by atoms with E-state index in [-0.39, 0.29) is 0 Å². The molecule has 1 saturated carbocycles. The minimum Gasteiger partial charge on any atom is -0.317 e. The SMILES string of the molecule is CCn1cnnc1CN[C@@H]1CCC[C@@H](C)[C@H]1C. The lowest BCUT2D eigenvalue weighted by Gasteiger charge is -2.34. The van der Waals surface area contributed by atoms with Crippen molar-refractivity contribution in [1.82, 2.24) is 20.1 Å². The average Bonchev–Trinajstić information content (AvgIpc) is 2.78. The van der Waals surface area contributed by atoms with Crippen LogP contribution in [0.2, 0.25) is 0 Å². The predicted octanol–water partition coefficient (Wildman–Crippen LogP) is 2.21. The quantitative estimate of drug-likeness (QED) is 0.871. The lowest BCUT2D eigenvalue weighted by molar-refractivity contribution is 0.204. The van der Waals surface area contributed by atoms with Gasteiger partial charge in [0.15, 0.2) is 0 Å². The van der Waals surface area contributed by atoms with Gasteiger partial charge in [-0.1, -0.05) is 26.7 Å². The molecule has 0 saturated heterocycles. The van der Waals surface area contributed by atoms with Gasteiger partial charge in [0, 0.05) is 12.6 Å². The summed E-state index contributed by atoms with van der Waals surface area (Å²) in [6.45, 7) is 8.65. The van der Waals surface area contributed by atoms with Crippen LogP contribution in [0.1, 0.15) is 45.9 Å². The first-order valence-electron chi connectivity index (χ1n) is 6.82. The lowest BCUT2D eigenvalue weighted by atomic mass is 9.78. The Hall–Kier alpha value is -0.900. The predicted molar refractivity (Wildman–Crippen MR) is 68.5 cm³/mol. The number of nitrogens with zero attached hydrogens (tertiary/aromatic N) is 3. The molecule has 0 aromatic carbocycles. The van der Waals surface area contributed by atoms with Crippen LogP contribution in [-0.2, 0) is 13.1 Å². The van der Waals surface area contributed by atoms with Crippen LogP contribution >= 0.6 is 0 Å². The zero-order valence-corrected chi connectivity index (χ0v) is 11.2. The third-order valence-corrected chi connectivity index (χ3v) is 4.27. The first kappa shape index (κ1) is 12.6. The van der Waals surface area contributed by atoms with Crippen molar-refractivity contribution in [2.75, 3.05) is 0 Å². The molecule has 4 heteroatoms. The van der Waals surface area contributed by atoms with E-state index in [1.165, 1.54) is 19.3 Å². The largest absolute Gasteiger partial charge is 0.317 e. The normalized spacial score (nSPS) is 29.5. The van der Waals surface area contributed by atoms with Gasteiger partial charge >= 0.3 is 0 Å². The summed E-state index contributed by atoms with van der Waals surface area (Å²) in [5, 5.41) is 11.8. The molecule has 2 rings (SSSR count). The Bertz CT molecular complexity index is 347. The summed E-state index contributed by atoms with van der Waals surface area (Å²) in [6.07, 6.45) is 5.84. The fourth-order valence-corrected chi connectivity index (χ4v) is 2.77. The Balaban J connectivity index is 1.89. The van der Waals surface area contributed by atoms with Gasteiger partial charge in [-0.25, -0.2) is 0 Å². The van der Waals surface area contributed by atoms with Crippen molar-refractivity contribution in [3.05, 3.63) is 12.2 Å². The maximum Gasteiger partial charge on any atom is 0.146 e. The summed E-state index contributed by atoms with van der Waals surface area (Å²) < 4.78 is 2.10. The van der Waals surface area contributed by atoms with E-state index in [0.29, 0.717) is 6.04 Å². The van der Waals surface area contributed by atoms with E-state index in [4.69, 9.17) is 0 Å². The summed E-state index contributed by atoms with van der Waals surface area (Å²) in [6, 6.07) is 0.640. The molecule has 96 valence electrons. The highest BCUT2D eigenvalue weighted by Gasteiger charge is 2.26. The van der Waals surface area contributed by atoms with E-state index in [0.717, 1.165) is 30.7 Å². The van der Waals surface area contributed by atoms with E-state index in [1.807, 2.05) is 6.33 Å². The molecule has 1 aromatic heterocycles. The van der Waals surface area contributed by atoms with Gasteiger partial charge in [0.05, 0.1) is 6.54 Å². The third kappa shape index (κ3) is 2.86. The van der Waals surface area contributed by atoms with Gasteiger partial charge in [0.2, 0.25) is 0 Å². The summed E-state index contributed by atoms with van der Waals surface area (Å²) in [7, 11) is 0. The molecule has 17 heavy (non-hydrogen) atoms. The molecule has 1 aliphatic rings. The third-order valence-electron chi connectivity index (χ3n) is 4.27. The van der Waals surface area contributed by atoms with Gasteiger partial charge in [-0.05, 0) is 25.2 Å². The first-order chi connectivity index (χ1) is 8.22.